The average Bonchev–Trinajstić information content (AvgIpc) is 2.78. The Hall–Kier alpha value is -1.85. The third kappa shape index (κ3) is 2.54. The summed E-state index contributed by atoms with van der Waals surface area (Å²) in [5.74, 6) is 0. The maximum absolute atomic E-state index is 12.4. The van der Waals surface area contributed by atoms with Crippen molar-refractivity contribution in [2.75, 3.05) is 6.54 Å². The molecule has 3 rings (SSSR count). The standard InChI is InChI=1S/C16H14F3NO/c17-16(18,19)14(21)9-20-15-12-7-3-1-5-10(12)11-6-2-4-8-13(11)15/h1-8,14-15,20-21H,9H2. The van der Waals surface area contributed by atoms with Crippen molar-refractivity contribution in [2.45, 2.75) is 18.3 Å². The second-order valence-corrected chi connectivity index (χ2v) is 5.07. The van der Waals surface area contributed by atoms with E-state index in [1.54, 1.807) is 0 Å². The first kappa shape index (κ1) is 14.1. The Bertz CT molecular complexity index is 608. The van der Waals surface area contributed by atoms with E-state index < -0.39 is 18.8 Å². The summed E-state index contributed by atoms with van der Waals surface area (Å²) >= 11 is 0. The van der Waals surface area contributed by atoms with Gasteiger partial charge in [0.1, 0.15) is 0 Å². The fourth-order valence-electron chi connectivity index (χ4n) is 2.72. The van der Waals surface area contributed by atoms with Crippen LogP contribution >= 0.6 is 0 Å². The molecule has 21 heavy (non-hydrogen) atoms. The molecule has 110 valence electrons. The van der Waals surface area contributed by atoms with Gasteiger partial charge in [0.15, 0.2) is 6.10 Å². The van der Waals surface area contributed by atoms with Crippen LogP contribution in [0.2, 0.25) is 0 Å². The minimum atomic E-state index is -4.61. The van der Waals surface area contributed by atoms with Crippen LogP contribution < -0.4 is 5.32 Å². The smallest absolute Gasteiger partial charge is 0.382 e. The molecule has 5 heteroatoms. The first-order valence-corrected chi connectivity index (χ1v) is 6.65. The van der Waals surface area contributed by atoms with Crippen LogP contribution in [0.4, 0.5) is 13.2 Å². The number of alkyl halides is 3. The summed E-state index contributed by atoms with van der Waals surface area (Å²) in [4.78, 5) is 0. The molecule has 2 aromatic carbocycles. The highest BCUT2D eigenvalue weighted by molar-refractivity contribution is 5.78. The Morgan fingerprint density at radius 1 is 0.952 bits per heavy atom. The largest absolute Gasteiger partial charge is 0.415 e. The highest BCUT2D eigenvalue weighted by atomic mass is 19.4. The van der Waals surface area contributed by atoms with Crippen LogP contribution in [0, 0.1) is 0 Å². The van der Waals surface area contributed by atoms with E-state index in [1.165, 1.54) is 0 Å². The second-order valence-electron chi connectivity index (χ2n) is 5.07. The minimum absolute atomic E-state index is 0.325. The fourth-order valence-corrected chi connectivity index (χ4v) is 2.72. The summed E-state index contributed by atoms with van der Waals surface area (Å²) < 4.78 is 37.3. The quantitative estimate of drug-likeness (QED) is 0.910. The first-order chi connectivity index (χ1) is 9.98. The molecule has 2 aromatic rings. The Morgan fingerprint density at radius 2 is 1.43 bits per heavy atom. The lowest BCUT2D eigenvalue weighted by molar-refractivity contribution is -0.202. The van der Waals surface area contributed by atoms with Gasteiger partial charge in [-0.2, -0.15) is 13.2 Å². The van der Waals surface area contributed by atoms with Crippen LogP contribution in [0.15, 0.2) is 48.5 Å². The van der Waals surface area contributed by atoms with Crippen molar-refractivity contribution in [2.24, 2.45) is 0 Å². The Balaban J connectivity index is 1.89. The molecule has 1 aliphatic carbocycles. The SMILES string of the molecule is OC(CNC1c2ccccc2-c2ccccc21)C(F)(F)F. The number of aliphatic hydroxyl groups excluding tert-OH is 1. The third-order valence-corrected chi connectivity index (χ3v) is 3.73. The van der Waals surface area contributed by atoms with Gasteiger partial charge in [-0.1, -0.05) is 48.5 Å². The van der Waals surface area contributed by atoms with Crippen molar-refractivity contribution in [1.29, 1.82) is 0 Å². The van der Waals surface area contributed by atoms with Crippen molar-refractivity contribution < 1.29 is 18.3 Å². The topological polar surface area (TPSA) is 32.3 Å². The van der Waals surface area contributed by atoms with Crippen molar-refractivity contribution in [3.05, 3.63) is 59.7 Å². The van der Waals surface area contributed by atoms with Gasteiger partial charge in [0, 0.05) is 6.54 Å². The van der Waals surface area contributed by atoms with E-state index in [4.69, 9.17) is 5.11 Å². The average molecular weight is 293 g/mol. The lowest BCUT2D eigenvalue weighted by Gasteiger charge is -2.20. The van der Waals surface area contributed by atoms with Gasteiger partial charge in [0.25, 0.3) is 0 Å². The molecule has 0 spiro atoms. The van der Waals surface area contributed by atoms with Gasteiger partial charge in [-0.25, -0.2) is 0 Å². The van der Waals surface area contributed by atoms with E-state index in [0.29, 0.717) is 0 Å². The molecule has 0 heterocycles. The van der Waals surface area contributed by atoms with Crippen LogP contribution in [0.1, 0.15) is 17.2 Å². The van der Waals surface area contributed by atoms with Crippen LogP contribution in [0.5, 0.6) is 0 Å². The number of hydrogen-bond donors (Lipinski definition) is 2. The van der Waals surface area contributed by atoms with E-state index in [1.807, 2.05) is 48.5 Å². The number of hydrogen-bond acceptors (Lipinski definition) is 2. The third-order valence-electron chi connectivity index (χ3n) is 3.73. The number of aliphatic hydroxyl groups is 1. The van der Waals surface area contributed by atoms with E-state index in [-0.39, 0.29) is 6.04 Å². The molecule has 2 N–H and O–H groups in total. The van der Waals surface area contributed by atoms with Gasteiger partial charge in [-0.3, -0.25) is 0 Å². The number of halogens is 3. The van der Waals surface area contributed by atoms with Gasteiger partial charge in [-0.15, -0.1) is 0 Å². The molecule has 2 nitrogen and oxygen atoms in total. The fraction of sp³-hybridized carbons (Fsp3) is 0.250. The summed E-state index contributed by atoms with van der Waals surface area (Å²) in [5.41, 5.74) is 3.92. The van der Waals surface area contributed by atoms with E-state index in [0.717, 1.165) is 22.3 Å². The maximum atomic E-state index is 12.4. The molecular formula is C16H14F3NO. The lowest BCUT2D eigenvalue weighted by atomic mass is 10.1. The molecule has 0 aromatic heterocycles. The molecule has 0 radical (unpaired) electrons. The number of rotatable bonds is 3. The molecule has 0 fully saturated rings. The summed E-state index contributed by atoms with van der Waals surface area (Å²) in [5, 5.41) is 12.0. The van der Waals surface area contributed by atoms with Crippen LogP contribution in [-0.2, 0) is 0 Å². The summed E-state index contributed by atoms with van der Waals surface area (Å²) in [6.45, 7) is -0.531. The molecule has 0 saturated heterocycles. The van der Waals surface area contributed by atoms with Crippen molar-refractivity contribution in [1.82, 2.24) is 5.32 Å². The number of nitrogens with one attached hydrogen (secondary N) is 1. The summed E-state index contributed by atoms with van der Waals surface area (Å²) in [7, 11) is 0. The molecule has 1 aliphatic rings. The van der Waals surface area contributed by atoms with Crippen LogP contribution in [-0.4, -0.2) is 23.9 Å². The number of benzene rings is 2. The molecular weight excluding hydrogens is 279 g/mol. The van der Waals surface area contributed by atoms with Crippen molar-refractivity contribution in [3.8, 4) is 11.1 Å². The van der Waals surface area contributed by atoms with Gasteiger partial charge in [-0.05, 0) is 22.3 Å². The Kier molecular flexibility index (Phi) is 3.47. The summed E-state index contributed by atoms with van der Waals surface area (Å²) in [6.07, 6.45) is -6.97. The lowest BCUT2D eigenvalue weighted by Crippen LogP contribution is -2.39. The zero-order valence-electron chi connectivity index (χ0n) is 11.1. The molecule has 0 bridgehead atoms. The van der Waals surface area contributed by atoms with Gasteiger partial charge >= 0.3 is 6.18 Å². The Morgan fingerprint density at radius 3 is 1.90 bits per heavy atom. The number of fused-ring (bicyclic) bond motifs is 3. The van der Waals surface area contributed by atoms with Crippen LogP contribution in [0.3, 0.4) is 0 Å². The van der Waals surface area contributed by atoms with E-state index in [2.05, 4.69) is 5.32 Å². The highest BCUT2D eigenvalue weighted by Crippen LogP contribution is 2.43. The zero-order chi connectivity index (χ0) is 15.0. The van der Waals surface area contributed by atoms with Gasteiger partial charge < -0.3 is 10.4 Å². The van der Waals surface area contributed by atoms with Crippen LogP contribution in [0.25, 0.3) is 11.1 Å². The molecule has 0 amide bonds. The van der Waals surface area contributed by atoms with E-state index in [9.17, 15) is 13.2 Å². The molecule has 1 atom stereocenters. The molecule has 0 saturated carbocycles. The second kappa shape index (κ2) is 5.16. The monoisotopic (exact) mass is 293 g/mol. The summed E-state index contributed by atoms with van der Waals surface area (Å²) in [6, 6.07) is 14.9. The van der Waals surface area contributed by atoms with Gasteiger partial charge in [0.2, 0.25) is 0 Å². The predicted octanol–water partition coefficient (Wildman–Crippen LogP) is 3.27. The maximum Gasteiger partial charge on any atom is 0.415 e. The van der Waals surface area contributed by atoms with Crippen molar-refractivity contribution >= 4 is 0 Å². The highest BCUT2D eigenvalue weighted by Gasteiger charge is 2.39. The van der Waals surface area contributed by atoms with E-state index >= 15 is 0 Å². The normalized spacial score (nSPS) is 15.6. The predicted molar refractivity (Wildman–Crippen MR) is 73.8 cm³/mol. The van der Waals surface area contributed by atoms with Gasteiger partial charge in [0.05, 0.1) is 6.04 Å². The van der Waals surface area contributed by atoms with Crippen molar-refractivity contribution in [3.63, 3.8) is 0 Å². The molecule has 1 unspecified atom stereocenters. The molecule has 0 aliphatic heterocycles. The minimum Gasteiger partial charge on any atom is -0.382 e. The zero-order valence-corrected chi connectivity index (χ0v) is 11.1. The first-order valence-electron chi connectivity index (χ1n) is 6.65. The Labute approximate surface area is 120 Å².